The van der Waals surface area contributed by atoms with Gasteiger partial charge >= 0.3 is 0 Å². The molecule has 5 heteroatoms. The van der Waals surface area contributed by atoms with Crippen molar-refractivity contribution in [3.05, 3.63) is 33.6 Å². The van der Waals surface area contributed by atoms with Gasteiger partial charge in [0.2, 0.25) is 0 Å². The number of hydrogen-bond acceptors (Lipinski definition) is 4. The summed E-state index contributed by atoms with van der Waals surface area (Å²) >= 11 is 0. The smallest absolute Gasteiger partial charge is 0.290 e. The molecule has 1 aromatic heterocycles. The summed E-state index contributed by atoms with van der Waals surface area (Å²) in [4.78, 5) is 14.7. The maximum absolute atomic E-state index is 10.7. The van der Waals surface area contributed by atoms with Gasteiger partial charge in [0.25, 0.3) is 5.69 Å². The molecule has 0 spiro atoms. The lowest BCUT2D eigenvalue weighted by Gasteiger charge is -2.23. The van der Waals surface area contributed by atoms with E-state index in [-0.39, 0.29) is 11.6 Å². The second kappa shape index (κ2) is 6.44. The second-order valence-corrected chi connectivity index (χ2v) is 4.46. The van der Waals surface area contributed by atoms with Gasteiger partial charge in [-0.05, 0) is 26.0 Å². The summed E-state index contributed by atoms with van der Waals surface area (Å²) in [6, 6.07) is 3.66. The van der Waals surface area contributed by atoms with Crippen LogP contribution in [0.3, 0.4) is 0 Å². The monoisotopic (exact) mass is 251 g/mol. The molecule has 100 valence electrons. The average Bonchev–Trinajstić information content (AvgIpc) is 2.34. The standard InChI is InChI=1S/C13H21N3O2/c1-5-11(14-6-2)9(3)12-7-8-13(16(17)18)10(4)15-12/h7-9,11,14H,5-6H2,1-4H3. The van der Waals surface area contributed by atoms with Crippen LogP contribution in [-0.2, 0) is 0 Å². The van der Waals surface area contributed by atoms with Crippen LogP contribution in [0.4, 0.5) is 5.69 Å². The topological polar surface area (TPSA) is 68.1 Å². The lowest BCUT2D eigenvalue weighted by molar-refractivity contribution is -0.385. The largest absolute Gasteiger partial charge is 0.314 e. The van der Waals surface area contributed by atoms with Gasteiger partial charge in [-0.3, -0.25) is 15.1 Å². The van der Waals surface area contributed by atoms with E-state index in [9.17, 15) is 10.1 Å². The zero-order chi connectivity index (χ0) is 13.7. The van der Waals surface area contributed by atoms with Crippen LogP contribution in [0, 0.1) is 17.0 Å². The fourth-order valence-electron chi connectivity index (χ4n) is 2.16. The minimum atomic E-state index is -0.390. The van der Waals surface area contributed by atoms with Gasteiger partial charge in [-0.2, -0.15) is 0 Å². The first kappa shape index (κ1) is 14.6. The van der Waals surface area contributed by atoms with Gasteiger partial charge in [-0.15, -0.1) is 0 Å². The number of aryl methyl sites for hydroxylation is 1. The maximum Gasteiger partial charge on any atom is 0.290 e. The van der Waals surface area contributed by atoms with Gasteiger partial charge in [-0.1, -0.05) is 20.8 Å². The minimum Gasteiger partial charge on any atom is -0.314 e. The van der Waals surface area contributed by atoms with Gasteiger partial charge in [0.05, 0.1) is 4.92 Å². The second-order valence-electron chi connectivity index (χ2n) is 4.46. The van der Waals surface area contributed by atoms with Crippen molar-refractivity contribution < 1.29 is 4.92 Å². The SMILES string of the molecule is CCNC(CC)C(C)c1ccc([N+](=O)[O-])c(C)n1. The van der Waals surface area contributed by atoms with E-state index in [1.807, 2.05) is 0 Å². The summed E-state index contributed by atoms with van der Waals surface area (Å²) < 4.78 is 0. The number of likely N-dealkylation sites (N-methyl/N-ethyl adjacent to an activating group) is 1. The Balaban J connectivity index is 2.96. The average molecular weight is 251 g/mol. The predicted molar refractivity (Wildman–Crippen MR) is 71.8 cm³/mol. The molecule has 1 aromatic rings. The summed E-state index contributed by atoms with van der Waals surface area (Å²) in [7, 11) is 0. The fraction of sp³-hybridized carbons (Fsp3) is 0.615. The highest BCUT2D eigenvalue weighted by molar-refractivity contribution is 5.36. The third-order valence-corrected chi connectivity index (χ3v) is 3.25. The number of rotatable bonds is 6. The molecule has 18 heavy (non-hydrogen) atoms. The predicted octanol–water partition coefficient (Wildman–Crippen LogP) is 2.79. The maximum atomic E-state index is 10.7. The van der Waals surface area contributed by atoms with Crippen LogP contribution < -0.4 is 5.32 Å². The van der Waals surface area contributed by atoms with Gasteiger partial charge in [0.1, 0.15) is 5.69 Å². The molecule has 2 unspecified atom stereocenters. The summed E-state index contributed by atoms with van der Waals surface area (Å²) in [6.45, 7) is 8.90. The Hall–Kier alpha value is -1.49. The Morgan fingerprint density at radius 2 is 2.11 bits per heavy atom. The molecule has 0 radical (unpaired) electrons. The third-order valence-electron chi connectivity index (χ3n) is 3.25. The van der Waals surface area contributed by atoms with Crippen LogP contribution in [0.25, 0.3) is 0 Å². The minimum absolute atomic E-state index is 0.0856. The fourth-order valence-corrected chi connectivity index (χ4v) is 2.16. The Bertz CT molecular complexity index is 421. The van der Waals surface area contributed by atoms with Crippen molar-refractivity contribution in [2.24, 2.45) is 0 Å². The Morgan fingerprint density at radius 3 is 2.56 bits per heavy atom. The molecule has 1 rings (SSSR count). The van der Waals surface area contributed by atoms with Crippen molar-refractivity contribution in [3.63, 3.8) is 0 Å². The van der Waals surface area contributed by atoms with E-state index in [4.69, 9.17) is 0 Å². The number of nitrogens with zero attached hydrogens (tertiary/aromatic N) is 2. The highest BCUT2D eigenvalue weighted by Gasteiger charge is 2.20. The molecule has 0 aliphatic heterocycles. The van der Waals surface area contributed by atoms with Crippen molar-refractivity contribution in [3.8, 4) is 0 Å². The molecule has 2 atom stereocenters. The van der Waals surface area contributed by atoms with E-state index in [0.29, 0.717) is 11.7 Å². The highest BCUT2D eigenvalue weighted by atomic mass is 16.6. The van der Waals surface area contributed by atoms with Gasteiger partial charge < -0.3 is 5.32 Å². The molecular formula is C13H21N3O2. The molecule has 0 aliphatic rings. The number of nitro groups is 1. The summed E-state index contributed by atoms with van der Waals surface area (Å²) in [5, 5.41) is 14.2. The number of nitrogens with one attached hydrogen (secondary N) is 1. The first-order chi connectivity index (χ1) is 8.51. The van der Waals surface area contributed by atoms with Crippen LogP contribution >= 0.6 is 0 Å². The summed E-state index contributed by atoms with van der Waals surface area (Å²) in [5.41, 5.74) is 1.48. The summed E-state index contributed by atoms with van der Waals surface area (Å²) in [6.07, 6.45) is 1.01. The van der Waals surface area contributed by atoms with Crippen molar-refractivity contribution in [1.29, 1.82) is 0 Å². The van der Waals surface area contributed by atoms with Crippen molar-refractivity contribution in [1.82, 2.24) is 10.3 Å². The molecule has 0 fully saturated rings. The number of aromatic nitrogens is 1. The Morgan fingerprint density at radius 1 is 1.44 bits per heavy atom. The van der Waals surface area contributed by atoms with Crippen LogP contribution in [0.15, 0.2) is 12.1 Å². The van der Waals surface area contributed by atoms with E-state index in [1.165, 1.54) is 0 Å². The number of pyridine rings is 1. The molecule has 0 aromatic carbocycles. The molecule has 5 nitrogen and oxygen atoms in total. The van der Waals surface area contributed by atoms with Crippen LogP contribution in [0.1, 0.15) is 44.5 Å². The molecule has 0 amide bonds. The zero-order valence-electron chi connectivity index (χ0n) is 11.4. The summed E-state index contributed by atoms with van der Waals surface area (Å²) in [5.74, 6) is 0.245. The first-order valence-electron chi connectivity index (χ1n) is 6.36. The molecule has 0 saturated heterocycles. The molecule has 0 aliphatic carbocycles. The first-order valence-corrected chi connectivity index (χ1v) is 6.36. The highest BCUT2D eigenvalue weighted by Crippen LogP contribution is 2.23. The normalized spacial score (nSPS) is 14.2. The third kappa shape index (κ3) is 3.26. The Kier molecular flexibility index (Phi) is 5.22. The molecule has 1 N–H and O–H groups in total. The van der Waals surface area contributed by atoms with Crippen LogP contribution in [0.2, 0.25) is 0 Å². The quantitative estimate of drug-likeness (QED) is 0.623. The molecular weight excluding hydrogens is 230 g/mol. The Labute approximate surface area is 108 Å². The van der Waals surface area contributed by atoms with Crippen molar-refractivity contribution in [2.45, 2.75) is 46.1 Å². The van der Waals surface area contributed by atoms with E-state index >= 15 is 0 Å². The molecule has 0 bridgehead atoms. The van der Waals surface area contributed by atoms with E-state index in [0.717, 1.165) is 18.7 Å². The van der Waals surface area contributed by atoms with Gasteiger partial charge in [-0.25, -0.2) is 0 Å². The van der Waals surface area contributed by atoms with Crippen LogP contribution in [0.5, 0.6) is 0 Å². The lowest BCUT2D eigenvalue weighted by atomic mass is 9.95. The number of hydrogen-bond donors (Lipinski definition) is 1. The van der Waals surface area contributed by atoms with Crippen molar-refractivity contribution in [2.75, 3.05) is 6.54 Å². The molecule has 1 heterocycles. The zero-order valence-corrected chi connectivity index (χ0v) is 11.4. The van der Waals surface area contributed by atoms with Crippen LogP contribution in [-0.4, -0.2) is 22.5 Å². The van der Waals surface area contributed by atoms with Crippen molar-refractivity contribution >= 4 is 5.69 Å². The lowest BCUT2D eigenvalue weighted by Crippen LogP contribution is -2.33. The van der Waals surface area contributed by atoms with Gasteiger partial charge in [0.15, 0.2) is 0 Å². The van der Waals surface area contributed by atoms with Gasteiger partial charge in [0, 0.05) is 23.7 Å². The van der Waals surface area contributed by atoms with E-state index in [1.54, 1.807) is 19.1 Å². The van der Waals surface area contributed by atoms with E-state index < -0.39 is 4.92 Å². The molecule has 0 saturated carbocycles. The van der Waals surface area contributed by atoms with E-state index in [2.05, 4.69) is 31.1 Å².